The number of aliphatic carboxylic acids is 1. The van der Waals surface area contributed by atoms with E-state index in [1.807, 2.05) is 18.2 Å². The Hall–Kier alpha value is -2.81. The molecule has 0 aliphatic rings. The van der Waals surface area contributed by atoms with Gasteiger partial charge in [0.15, 0.2) is 24.6 Å². The van der Waals surface area contributed by atoms with Gasteiger partial charge in [0.2, 0.25) is 0 Å². The van der Waals surface area contributed by atoms with E-state index in [9.17, 15) is 4.79 Å². The number of hydrogen-bond acceptors (Lipinski definition) is 4. The molecule has 0 radical (unpaired) electrons. The van der Waals surface area contributed by atoms with Gasteiger partial charge in [-0.05, 0) is 12.1 Å². The molecule has 0 amide bonds. The van der Waals surface area contributed by atoms with Crippen molar-refractivity contribution in [1.29, 1.82) is 5.26 Å². The van der Waals surface area contributed by atoms with Crippen LogP contribution >= 0.6 is 0 Å². The molecule has 0 unspecified atom stereocenters. The van der Waals surface area contributed by atoms with Crippen LogP contribution in [0.15, 0.2) is 36.7 Å². The van der Waals surface area contributed by atoms with Crippen LogP contribution in [0.4, 0.5) is 0 Å². The van der Waals surface area contributed by atoms with E-state index in [-0.39, 0.29) is 12.1 Å². The van der Waals surface area contributed by atoms with Crippen molar-refractivity contribution in [2.45, 2.75) is 13.0 Å². The smallest absolute Gasteiger partial charge is 0.309 e. The molecule has 0 bridgehead atoms. The molecule has 0 saturated carbocycles. The molecule has 2 rings (SSSR count). The molecule has 0 saturated heterocycles. The minimum absolute atomic E-state index is 0.0840. The highest BCUT2D eigenvalue weighted by atomic mass is 16.4. The quantitative estimate of drug-likeness (QED) is 0.815. The first-order valence-electron chi connectivity index (χ1n) is 5.64. The van der Waals surface area contributed by atoms with Gasteiger partial charge in [-0.2, -0.15) is 5.26 Å². The maximum absolute atomic E-state index is 10.5. The monoisotopic (exact) mass is 255 g/mol. The van der Waals surface area contributed by atoms with Crippen LogP contribution in [-0.4, -0.2) is 21.3 Å². The fourth-order valence-corrected chi connectivity index (χ4v) is 1.55. The molecule has 0 spiro atoms. The van der Waals surface area contributed by atoms with Crippen LogP contribution in [-0.2, 0) is 11.3 Å². The zero-order valence-electron chi connectivity index (χ0n) is 10.0. The van der Waals surface area contributed by atoms with Crippen molar-refractivity contribution in [2.75, 3.05) is 0 Å². The molecule has 0 aromatic carbocycles. The predicted octanol–water partition coefficient (Wildman–Crippen LogP) is 0.777. The van der Waals surface area contributed by atoms with Gasteiger partial charge in [-0.15, -0.1) is 10.2 Å². The number of nitrogens with zero attached hydrogens (tertiary/aromatic N) is 4. The Kier molecular flexibility index (Phi) is 3.78. The zero-order valence-corrected chi connectivity index (χ0v) is 10.0. The number of nitriles is 1. The maximum atomic E-state index is 10.5. The lowest BCUT2D eigenvalue weighted by Gasteiger charge is -1.99. The summed E-state index contributed by atoms with van der Waals surface area (Å²) in [6.45, 7) is 0.425. The van der Waals surface area contributed by atoms with E-state index in [1.54, 1.807) is 29.1 Å². The fraction of sp³-hybridized carbons (Fsp3) is 0.154. The fourth-order valence-electron chi connectivity index (χ4n) is 1.55. The van der Waals surface area contributed by atoms with E-state index < -0.39 is 5.97 Å². The molecule has 0 fully saturated rings. The van der Waals surface area contributed by atoms with Crippen molar-refractivity contribution in [2.24, 2.45) is 0 Å². The van der Waals surface area contributed by atoms with E-state index in [4.69, 9.17) is 10.4 Å². The number of aryl methyl sites for hydroxylation is 1. The third-order valence-corrected chi connectivity index (χ3v) is 2.55. The first-order chi connectivity index (χ1) is 9.19. The van der Waals surface area contributed by atoms with Gasteiger partial charge in [-0.1, -0.05) is 0 Å². The summed E-state index contributed by atoms with van der Waals surface area (Å²) in [5.74, 6) is -0.825. The van der Waals surface area contributed by atoms with E-state index in [0.717, 1.165) is 5.56 Å². The molecule has 2 heterocycles. The number of rotatable bonds is 4. The van der Waals surface area contributed by atoms with Crippen LogP contribution in [0.5, 0.6) is 0 Å². The largest absolute Gasteiger partial charge is 0.481 e. The van der Waals surface area contributed by atoms with Crippen molar-refractivity contribution in [3.8, 4) is 17.3 Å². The van der Waals surface area contributed by atoms with Gasteiger partial charge in [-0.3, -0.25) is 4.79 Å². The topological polar surface area (TPSA) is 90.8 Å². The van der Waals surface area contributed by atoms with E-state index in [0.29, 0.717) is 12.2 Å². The summed E-state index contributed by atoms with van der Waals surface area (Å²) in [6, 6.07) is 8.90. The van der Waals surface area contributed by atoms with E-state index >= 15 is 0 Å². The molecule has 94 valence electrons. The van der Waals surface area contributed by atoms with Crippen molar-refractivity contribution in [3.63, 3.8) is 0 Å². The summed E-state index contributed by atoms with van der Waals surface area (Å²) in [5.41, 5.74) is 1.81. The van der Waals surface area contributed by atoms with Gasteiger partial charge in [0.1, 0.15) is 12.5 Å². The highest BCUT2D eigenvalue weighted by Crippen LogP contribution is 2.13. The SMILES string of the molecule is N#Cc1ccc(-c2cc[n+](CCC(=O)O)cc2)nn1. The normalized spacial score (nSPS) is 9.84. The molecule has 0 atom stereocenters. The summed E-state index contributed by atoms with van der Waals surface area (Å²) >= 11 is 0. The lowest BCUT2D eigenvalue weighted by Crippen LogP contribution is -2.33. The van der Waals surface area contributed by atoms with Gasteiger partial charge in [-0.25, -0.2) is 4.57 Å². The van der Waals surface area contributed by atoms with E-state index in [2.05, 4.69) is 10.2 Å². The molecule has 19 heavy (non-hydrogen) atoms. The number of hydrogen-bond donors (Lipinski definition) is 1. The minimum atomic E-state index is -0.825. The summed E-state index contributed by atoms with van der Waals surface area (Å²) < 4.78 is 1.79. The van der Waals surface area contributed by atoms with Crippen molar-refractivity contribution >= 4 is 5.97 Å². The Labute approximate surface area is 109 Å². The van der Waals surface area contributed by atoms with Crippen molar-refractivity contribution in [3.05, 3.63) is 42.4 Å². The van der Waals surface area contributed by atoms with Gasteiger partial charge in [0.25, 0.3) is 0 Å². The van der Waals surface area contributed by atoms with Crippen LogP contribution in [0.3, 0.4) is 0 Å². The molecule has 2 aromatic heterocycles. The highest BCUT2D eigenvalue weighted by molar-refractivity contribution is 5.66. The van der Waals surface area contributed by atoms with E-state index in [1.165, 1.54) is 0 Å². The minimum Gasteiger partial charge on any atom is -0.481 e. The van der Waals surface area contributed by atoms with Gasteiger partial charge in [0, 0.05) is 17.7 Å². The summed E-state index contributed by atoms with van der Waals surface area (Å²) in [5, 5.41) is 24.9. The number of carboxylic acid groups (broad SMARTS) is 1. The van der Waals surface area contributed by atoms with Crippen LogP contribution < -0.4 is 4.57 Å². The molecular formula is C13H11N4O2+. The molecule has 6 nitrogen and oxygen atoms in total. The number of pyridine rings is 1. The van der Waals surface area contributed by atoms with Crippen LogP contribution in [0.25, 0.3) is 11.3 Å². The second kappa shape index (κ2) is 5.69. The van der Waals surface area contributed by atoms with Crippen molar-refractivity contribution < 1.29 is 14.5 Å². The van der Waals surface area contributed by atoms with Gasteiger partial charge in [0.05, 0.1) is 5.69 Å². The van der Waals surface area contributed by atoms with Crippen LogP contribution in [0.1, 0.15) is 12.1 Å². The highest BCUT2D eigenvalue weighted by Gasteiger charge is 2.06. The average molecular weight is 255 g/mol. The third kappa shape index (κ3) is 3.33. The summed E-state index contributed by atoms with van der Waals surface area (Å²) in [7, 11) is 0. The second-order valence-electron chi connectivity index (χ2n) is 3.88. The number of carbonyl (C=O) groups is 1. The molecule has 0 aliphatic carbocycles. The van der Waals surface area contributed by atoms with Crippen LogP contribution in [0.2, 0.25) is 0 Å². The lowest BCUT2D eigenvalue weighted by molar-refractivity contribution is -0.695. The van der Waals surface area contributed by atoms with Gasteiger partial charge >= 0.3 is 5.97 Å². The predicted molar refractivity (Wildman–Crippen MR) is 64.6 cm³/mol. The average Bonchev–Trinajstić information content (AvgIpc) is 2.46. The Balaban J connectivity index is 2.13. The molecule has 1 N–H and O–H groups in total. The summed E-state index contributed by atoms with van der Waals surface area (Å²) in [6.07, 6.45) is 3.66. The number of carboxylic acids is 1. The summed E-state index contributed by atoms with van der Waals surface area (Å²) in [4.78, 5) is 10.5. The number of aromatic nitrogens is 3. The lowest BCUT2D eigenvalue weighted by atomic mass is 10.2. The molecule has 0 aliphatic heterocycles. The third-order valence-electron chi connectivity index (χ3n) is 2.55. The standard InChI is InChI=1S/C13H10N4O2/c14-9-11-1-2-12(16-15-11)10-3-6-17(7-4-10)8-5-13(18)19/h1-4,6-7H,5,8H2/p+1. The maximum Gasteiger partial charge on any atom is 0.309 e. The Morgan fingerprint density at radius 2 is 2.00 bits per heavy atom. The molecule has 6 heteroatoms. The first-order valence-corrected chi connectivity index (χ1v) is 5.64. The molecule has 2 aromatic rings. The second-order valence-corrected chi connectivity index (χ2v) is 3.88. The molecular weight excluding hydrogens is 244 g/mol. The van der Waals surface area contributed by atoms with Crippen LogP contribution in [0, 0.1) is 11.3 Å². The van der Waals surface area contributed by atoms with Gasteiger partial charge < -0.3 is 5.11 Å². The Bertz CT molecular complexity index is 615. The first kappa shape index (κ1) is 12.6. The Morgan fingerprint density at radius 3 is 2.53 bits per heavy atom. The van der Waals surface area contributed by atoms with Crippen molar-refractivity contribution in [1.82, 2.24) is 10.2 Å². The Morgan fingerprint density at radius 1 is 1.26 bits per heavy atom. The zero-order chi connectivity index (χ0) is 13.7.